The highest BCUT2D eigenvalue weighted by molar-refractivity contribution is 4.95. The third kappa shape index (κ3) is 2.85. The maximum absolute atomic E-state index is 6.12. The van der Waals surface area contributed by atoms with Crippen LogP contribution in [0.4, 0.5) is 0 Å². The fraction of sp³-hybridized carbons (Fsp3) is 1.00. The van der Waals surface area contributed by atoms with E-state index >= 15 is 0 Å². The summed E-state index contributed by atoms with van der Waals surface area (Å²) in [7, 11) is 0. The SMILES string of the molecule is CC1CCN(C(C)(CN)CC2CCC2)C(C)C1. The number of nitrogens with two attached hydrogens (primary N) is 1. The second-order valence-corrected chi connectivity index (χ2v) is 6.87. The summed E-state index contributed by atoms with van der Waals surface area (Å²) >= 11 is 0. The molecule has 0 bridgehead atoms. The average Bonchev–Trinajstić information content (AvgIpc) is 2.23. The van der Waals surface area contributed by atoms with Gasteiger partial charge < -0.3 is 5.73 Å². The van der Waals surface area contributed by atoms with Gasteiger partial charge in [0.05, 0.1) is 0 Å². The predicted molar refractivity (Wildman–Crippen MR) is 74.0 cm³/mol. The first-order valence-corrected chi connectivity index (χ1v) is 7.52. The van der Waals surface area contributed by atoms with Crippen molar-refractivity contribution in [2.75, 3.05) is 13.1 Å². The molecule has 1 heterocycles. The molecule has 3 unspecified atom stereocenters. The first-order valence-electron chi connectivity index (χ1n) is 7.52. The molecule has 0 aromatic rings. The van der Waals surface area contributed by atoms with Gasteiger partial charge >= 0.3 is 0 Å². The lowest BCUT2D eigenvalue weighted by Gasteiger charge is -2.50. The van der Waals surface area contributed by atoms with Crippen LogP contribution in [0.1, 0.15) is 59.3 Å². The molecule has 2 aliphatic rings. The molecule has 2 N–H and O–H groups in total. The van der Waals surface area contributed by atoms with Crippen molar-refractivity contribution >= 4 is 0 Å². The highest BCUT2D eigenvalue weighted by Crippen LogP contribution is 2.38. The Bertz CT molecular complexity index is 249. The standard InChI is InChI=1S/C15H30N2/c1-12-7-8-17(13(2)9-12)15(3,11-16)10-14-5-4-6-14/h12-14H,4-11,16H2,1-3H3. The van der Waals surface area contributed by atoms with Crippen molar-refractivity contribution in [1.29, 1.82) is 0 Å². The van der Waals surface area contributed by atoms with Crippen LogP contribution in [0.25, 0.3) is 0 Å². The van der Waals surface area contributed by atoms with E-state index in [9.17, 15) is 0 Å². The van der Waals surface area contributed by atoms with Gasteiger partial charge in [-0.15, -0.1) is 0 Å². The number of likely N-dealkylation sites (tertiary alicyclic amines) is 1. The minimum atomic E-state index is 0.255. The van der Waals surface area contributed by atoms with Gasteiger partial charge in [0.2, 0.25) is 0 Å². The van der Waals surface area contributed by atoms with Crippen molar-refractivity contribution in [3.05, 3.63) is 0 Å². The largest absolute Gasteiger partial charge is 0.329 e. The Morgan fingerprint density at radius 2 is 1.94 bits per heavy atom. The first-order chi connectivity index (χ1) is 8.05. The normalized spacial score (nSPS) is 35.3. The Labute approximate surface area is 107 Å². The van der Waals surface area contributed by atoms with Gasteiger partial charge in [-0.3, -0.25) is 4.90 Å². The van der Waals surface area contributed by atoms with Crippen LogP contribution < -0.4 is 5.73 Å². The molecular formula is C15H30N2. The minimum Gasteiger partial charge on any atom is -0.329 e. The molecule has 1 saturated carbocycles. The first kappa shape index (κ1) is 13.4. The summed E-state index contributed by atoms with van der Waals surface area (Å²) in [5.74, 6) is 1.85. The minimum absolute atomic E-state index is 0.255. The zero-order chi connectivity index (χ0) is 12.5. The Morgan fingerprint density at radius 3 is 2.41 bits per heavy atom. The molecular weight excluding hydrogens is 208 g/mol. The highest BCUT2D eigenvalue weighted by atomic mass is 15.2. The summed E-state index contributed by atoms with van der Waals surface area (Å²) in [5.41, 5.74) is 6.37. The van der Waals surface area contributed by atoms with Crippen molar-refractivity contribution < 1.29 is 0 Å². The maximum atomic E-state index is 6.12. The van der Waals surface area contributed by atoms with Gasteiger partial charge in [0.1, 0.15) is 0 Å². The van der Waals surface area contributed by atoms with Crippen LogP contribution in [0.3, 0.4) is 0 Å². The molecule has 2 rings (SSSR count). The maximum Gasteiger partial charge on any atom is 0.0309 e. The van der Waals surface area contributed by atoms with Crippen LogP contribution >= 0.6 is 0 Å². The van der Waals surface area contributed by atoms with E-state index in [4.69, 9.17) is 5.73 Å². The molecule has 0 amide bonds. The summed E-state index contributed by atoms with van der Waals surface area (Å²) in [6, 6.07) is 0.715. The van der Waals surface area contributed by atoms with Crippen molar-refractivity contribution in [3.63, 3.8) is 0 Å². The van der Waals surface area contributed by atoms with Crippen molar-refractivity contribution in [2.24, 2.45) is 17.6 Å². The lowest BCUT2D eigenvalue weighted by molar-refractivity contribution is 0.00289. The number of hydrogen-bond acceptors (Lipinski definition) is 2. The van der Waals surface area contributed by atoms with Crippen LogP contribution in [0.2, 0.25) is 0 Å². The van der Waals surface area contributed by atoms with Gasteiger partial charge in [0.25, 0.3) is 0 Å². The third-order valence-electron chi connectivity index (χ3n) is 5.22. The quantitative estimate of drug-likeness (QED) is 0.816. The summed E-state index contributed by atoms with van der Waals surface area (Å²) in [4.78, 5) is 2.71. The van der Waals surface area contributed by atoms with Crippen LogP contribution in [0.5, 0.6) is 0 Å². The Morgan fingerprint density at radius 1 is 1.24 bits per heavy atom. The molecule has 0 aromatic heterocycles. The topological polar surface area (TPSA) is 29.3 Å². The van der Waals surface area contributed by atoms with E-state index in [1.165, 1.54) is 45.1 Å². The second kappa shape index (κ2) is 5.27. The van der Waals surface area contributed by atoms with Gasteiger partial charge in [-0.1, -0.05) is 26.2 Å². The Kier molecular flexibility index (Phi) is 4.14. The van der Waals surface area contributed by atoms with E-state index < -0.39 is 0 Å². The van der Waals surface area contributed by atoms with E-state index in [0.717, 1.165) is 18.4 Å². The molecule has 2 heteroatoms. The highest BCUT2D eigenvalue weighted by Gasteiger charge is 2.39. The predicted octanol–water partition coefficient (Wildman–Crippen LogP) is 3.01. The molecule has 1 saturated heterocycles. The fourth-order valence-electron chi connectivity index (χ4n) is 3.85. The van der Waals surface area contributed by atoms with Gasteiger partial charge in [0, 0.05) is 18.1 Å². The summed E-state index contributed by atoms with van der Waals surface area (Å²) < 4.78 is 0. The molecule has 100 valence electrons. The molecule has 3 atom stereocenters. The van der Waals surface area contributed by atoms with Gasteiger partial charge in [-0.2, -0.15) is 0 Å². The van der Waals surface area contributed by atoms with E-state index in [1.54, 1.807) is 0 Å². The van der Waals surface area contributed by atoms with Gasteiger partial charge in [-0.05, 0) is 51.5 Å². The van der Waals surface area contributed by atoms with Crippen molar-refractivity contribution in [1.82, 2.24) is 4.90 Å². The molecule has 2 nitrogen and oxygen atoms in total. The molecule has 1 aliphatic heterocycles. The molecule has 0 radical (unpaired) electrons. The molecule has 2 fully saturated rings. The van der Waals surface area contributed by atoms with E-state index in [2.05, 4.69) is 25.7 Å². The molecule has 1 aliphatic carbocycles. The lowest BCUT2D eigenvalue weighted by Crippen LogP contribution is -2.58. The zero-order valence-corrected chi connectivity index (χ0v) is 11.9. The number of rotatable bonds is 4. The molecule has 0 aromatic carbocycles. The monoisotopic (exact) mass is 238 g/mol. The average molecular weight is 238 g/mol. The number of nitrogens with zero attached hydrogens (tertiary/aromatic N) is 1. The summed E-state index contributed by atoms with van der Waals surface area (Å²) in [6.45, 7) is 9.26. The van der Waals surface area contributed by atoms with Crippen LogP contribution in [0, 0.1) is 11.8 Å². The van der Waals surface area contributed by atoms with E-state index in [0.29, 0.717) is 6.04 Å². The van der Waals surface area contributed by atoms with Crippen LogP contribution in [0.15, 0.2) is 0 Å². The zero-order valence-electron chi connectivity index (χ0n) is 11.9. The molecule has 17 heavy (non-hydrogen) atoms. The second-order valence-electron chi connectivity index (χ2n) is 6.87. The fourth-order valence-corrected chi connectivity index (χ4v) is 3.85. The Balaban J connectivity index is 1.99. The van der Waals surface area contributed by atoms with E-state index in [-0.39, 0.29) is 5.54 Å². The number of hydrogen-bond donors (Lipinski definition) is 1. The Hall–Kier alpha value is -0.0800. The summed E-state index contributed by atoms with van der Waals surface area (Å²) in [5, 5.41) is 0. The van der Waals surface area contributed by atoms with Gasteiger partial charge in [-0.25, -0.2) is 0 Å². The van der Waals surface area contributed by atoms with Crippen LogP contribution in [-0.2, 0) is 0 Å². The van der Waals surface area contributed by atoms with Gasteiger partial charge in [0.15, 0.2) is 0 Å². The van der Waals surface area contributed by atoms with Crippen molar-refractivity contribution in [3.8, 4) is 0 Å². The number of piperidine rings is 1. The smallest absolute Gasteiger partial charge is 0.0309 e. The lowest BCUT2D eigenvalue weighted by atomic mass is 9.74. The van der Waals surface area contributed by atoms with E-state index in [1.807, 2.05) is 0 Å². The third-order valence-corrected chi connectivity index (χ3v) is 5.22. The van der Waals surface area contributed by atoms with Crippen LogP contribution in [-0.4, -0.2) is 29.6 Å². The summed E-state index contributed by atoms with van der Waals surface area (Å²) in [6.07, 6.45) is 8.34. The molecule has 0 spiro atoms. The van der Waals surface area contributed by atoms with Crippen molar-refractivity contribution in [2.45, 2.75) is 70.9 Å².